The molecule has 2 N–H and O–H groups in total. The van der Waals surface area contributed by atoms with Gasteiger partial charge in [0.15, 0.2) is 0 Å². The van der Waals surface area contributed by atoms with Gasteiger partial charge in [-0.05, 0) is 47.4 Å². The summed E-state index contributed by atoms with van der Waals surface area (Å²) >= 11 is 0. The molecule has 1 saturated heterocycles. The molecule has 1 fully saturated rings. The third kappa shape index (κ3) is 5.97. The van der Waals surface area contributed by atoms with Crippen molar-refractivity contribution in [1.82, 2.24) is 24.9 Å². The zero-order valence-corrected chi connectivity index (χ0v) is 20.6. The van der Waals surface area contributed by atoms with Crippen molar-refractivity contribution in [3.63, 3.8) is 0 Å². The fraction of sp³-hybridized carbons (Fsp3) is 0.296. The highest BCUT2D eigenvalue weighted by atomic mass is 19.1. The van der Waals surface area contributed by atoms with Gasteiger partial charge in [-0.3, -0.25) is 0 Å². The van der Waals surface area contributed by atoms with Crippen LogP contribution in [0.5, 0.6) is 0 Å². The van der Waals surface area contributed by atoms with E-state index in [1.54, 1.807) is 12.1 Å². The van der Waals surface area contributed by atoms with Crippen molar-refractivity contribution in [2.45, 2.75) is 19.3 Å². The first-order valence-corrected chi connectivity index (χ1v) is 12.3. The van der Waals surface area contributed by atoms with E-state index < -0.39 is 0 Å². The number of rotatable bonds is 8. The van der Waals surface area contributed by atoms with Crippen molar-refractivity contribution in [3.8, 4) is 0 Å². The summed E-state index contributed by atoms with van der Waals surface area (Å²) in [5, 5.41) is 12.3. The van der Waals surface area contributed by atoms with Crippen LogP contribution in [0.3, 0.4) is 0 Å². The predicted octanol–water partition coefficient (Wildman–Crippen LogP) is 3.56. The first-order valence-electron chi connectivity index (χ1n) is 12.3. The molecule has 4 aromatic rings. The Balaban J connectivity index is 1.18. The van der Waals surface area contributed by atoms with E-state index in [0.717, 1.165) is 48.6 Å². The van der Waals surface area contributed by atoms with Crippen molar-refractivity contribution in [3.05, 3.63) is 89.8 Å². The number of hydrogen-bond acceptors (Lipinski definition) is 9. The largest absolute Gasteiger partial charge is 0.396 e. The Kier molecular flexibility index (Phi) is 7.46. The summed E-state index contributed by atoms with van der Waals surface area (Å²) in [6.45, 7) is 5.15. The first-order chi connectivity index (χ1) is 18.1. The number of hydrogen-bond donors (Lipinski definition) is 2. The molecule has 3 heterocycles. The van der Waals surface area contributed by atoms with E-state index in [-0.39, 0.29) is 18.3 Å². The SMILES string of the molecule is CC(c1ccc(F)cc1)c1cnc(N2CCN(c3ncnc(Nc4ccc(CCO)cc4)n3)CC2)nc1. The van der Waals surface area contributed by atoms with Gasteiger partial charge in [-0.15, -0.1) is 0 Å². The maximum atomic E-state index is 13.2. The van der Waals surface area contributed by atoms with Gasteiger partial charge in [0.25, 0.3) is 0 Å². The van der Waals surface area contributed by atoms with E-state index in [4.69, 9.17) is 5.11 Å². The van der Waals surface area contributed by atoms with E-state index in [9.17, 15) is 4.39 Å². The molecule has 2 aromatic carbocycles. The van der Waals surface area contributed by atoms with E-state index >= 15 is 0 Å². The van der Waals surface area contributed by atoms with Gasteiger partial charge in [0.1, 0.15) is 12.1 Å². The maximum Gasteiger partial charge on any atom is 0.231 e. The van der Waals surface area contributed by atoms with Crippen LogP contribution in [0, 0.1) is 5.82 Å². The third-order valence-corrected chi connectivity index (χ3v) is 6.54. The molecule has 0 amide bonds. The summed E-state index contributed by atoms with van der Waals surface area (Å²) in [5.74, 6) is 1.64. The Morgan fingerprint density at radius 3 is 2.14 bits per heavy atom. The summed E-state index contributed by atoms with van der Waals surface area (Å²) in [6.07, 6.45) is 5.85. The lowest BCUT2D eigenvalue weighted by Crippen LogP contribution is -2.47. The fourth-order valence-corrected chi connectivity index (χ4v) is 4.28. The topological polar surface area (TPSA) is 103 Å². The molecule has 5 rings (SSSR count). The molecule has 2 aromatic heterocycles. The second kappa shape index (κ2) is 11.3. The molecule has 1 unspecified atom stereocenters. The van der Waals surface area contributed by atoms with Gasteiger partial charge >= 0.3 is 0 Å². The highest BCUT2D eigenvalue weighted by molar-refractivity contribution is 5.54. The van der Waals surface area contributed by atoms with E-state index in [1.807, 2.05) is 36.7 Å². The van der Waals surface area contributed by atoms with Crippen molar-refractivity contribution >= 4 is 23.5 Å². The van der Waals surface area contributed by atoms with Crippen LogP contribution in [0.25, 0.3) is 0 Å². The van der Waals surface area contributed by atoms with Gasteiger partial charge in [0.2, 0.25) is 17.8 Å². The van der Waals surface area contributed by atoms with Gasteiger partial charge in [-0.2, -0.15) is 4.98 Å². The van der Waals surface area contributed by atoms with Crippen LogP contribution in [0.4, 0.5) is 27.9 Å². The lowest BCUT2D eigenvalue weighted by Gasteiger charge is -2.34. The molecule has 9 nitrogen and oxygen atoms in total. The number of nitrogens with one attached hydrogen (secondary N) is 1. The zero-order chi connectivity index (χ0) is 25.6. The minimum atomic E-state index is -0.240. The molecular formula is C27H29FN8O. The first kappa shape index (κ1) is 24.5. The Morgan fingerprint density at radius 1 is 0.838 bits per heavy atom. The Morgan fingerprint density at radius 2 is 1.49 bits per heavy atom. The molecule has 0 saturated carbocycles. The number of halogens is 1. The Hall–Kier alpha value is -4.18. The van der Waals surface area contributed by atoms with Crippen LogP contribution in [0.15, 0.2) is 67.3 Å². The van der Waals surface area contributed by atoms with Crippen molar-refractivity contribution < 1.29 is 9.50 Å². The summed E-state index contributed by atoms with van der Waals surface area (Å²) in [6, 6.07) is 14.4. The molecule has 0 radical (unpaired) electrons. The van der Waals surface area contributed by atoms with Crippen LogP contribution in [-0.4, -0.2) is 62.8 Å². The molecule has 0 bridgehead atoms. The van der Waals surface area contributed by atoms with Crippen molar-refractivity contribution in [1.29, 1.82) is 0 Å². The minimum Gasteiger partial charge on any atom is -0.396 e. The second-order valence-corrected chi connectivity index (χ2v) is 8.97. The molecule has 1 atom stereocenters. The van der Waals surface area contributed by atoms with Gasteiger partial charge in [0, 0.05) is 56.8 Å². The third-order valence-electron chi connectivity index (χ3n) is 6.54. The number of aromatic nitrogens is 5. The lowest BCUT2D eigenvalue weighted by atomic mass is 9.95. The average molecular weight is 501 g/mol. The smallest absolute Gasteiger partial charge is 0.231 e. The summed E-state index contributed by atoms with van der Waals surface area (Å²) in [4.78, 5) is 26.7. The number of aliphatic hydroxyl groups is 1. The Labute approximate surface area is 215 Å². The number of aliphatic hydroxyl groups excluding tert-OH is 1. The summed E-state index contributed by atoms with van der Waals surface area (Å²) < 4.78 is 13.2. The number of piperazine rings is 1. The van der Waals surface area contributed by atoms with Crippen LogP contribution >= 0.6 is 0 Å². The molecule has 1 aliphatic heterocycles. The zero-order valence-electron chi connectivity index (χ0n) is 20.6. The molecule has 1 aliphatic rings. The lowest BCUT2D eigenvalue weighted by molar-refractivity contribution is 0.299. The second-order valence-electron chi connectivity index (χ2n) is 8.97. The standard InChI is InChI=1S/C27H29FN8O/c1-19(21-4-6-23(28)7-5-21)22-16-29-26(30-17-22)35-11-13-36(14-12-35)27-32-18-31-25(34-27)33-24-8-2-20(3-9-24)10-15-37/h2-9,16-19,37H,10-15H2,1H3,(H,31,32,33,34). The van der Waals surface area contributed by atoms with Gasteiger partial charge in [0.05, 0.1) is 0 Å². The van der Waals surface area contributed by atoms with Gasteiger partial charge < -0.3 is 20.2 Å². The van der Waals surface area contributed by atoms with E-state index in [1.165, 1.54) is 18.5 Å². The molecule has 0 spiro atoms. The van der Waals surface area contributed by atoms with Gasteiger partial charge in [-0.1, -0.05) is 31.2 Å². The van der Waals surface area contributed by atoms with E-state index in [0.29, 0.717) is 24.3 Å². The molecule has 10 heteroatoms. The quantitative estimate of drug-likeness (QED) is 0.376. The Bertz CT molecular complexity index is 1290. The average Bonchev–Trinajstić information content (AvgIpc) is 2.95. The molecule has 190 valence electrons. The van der Waals surface area contributed by atoms with Gasteiger partial charge in [-0.25, -0.2) is 24.3 Å². The summed E-state index contributed by atoms with van der Waals surface area (Å²) in [7, 11) is 0. The fourth-order valence-electron chi connectivity index (χ4n) is 4.28. The van der Waals surface area contributed by atoms with Crippen molar-refractivity contribution in [2.24, 2.45) is 0 Å². The molecule has 0 aliphatic carbocycles. The molecule has 37 heavy (non-hydrogen) atoms. The number of nitrogens with zero attached hydrogens (tertiary/aromatic N) is 7. The number of benzene rings is 2. The maximum absolute atomic E-state index is 13.2. The summed E-state index contributed by atoms with van der Waals surface area (Å²) in [5.41, 5.74) is 3.96. The number of anilines is 4. The molecular weight excluding hydrogens is 471 g/mol. The minimum absolute atomic E-state index is 0.0802. The normalized spacial score (nSPS) is 14.5. The van der Waals surface area contributed by atoms with Crippen LogP contribution < -0.4 is 15.1 Å². The van der Waals surface area contributed by atoms with Crippen molar-refractivity contribution in [2.75, 3.05) is 47.9 Å². The van der Waals surface area contributed by atoms with E-state index in [2.05, 4.69) is 47.0 Å². The highest BCUT2D eigenvalue weighted by Gasteiger charge is 2.21. The highest BCUT2D eigenvalue weighted by Crippen LogP contribution is 2.24. The van der Waals surface area contributed by atoms with Crippen LogP contribution in [-0.2, 0) is 6.42 Å². The predicted molar refractivity (Wildman–Crippen MR) is 141 cm³/mol. The van der Waals surface area contributed by atoms with Crippen LogP contribution in [0.2, 0.25) is 0 Å². The van der Waals surface area contributed by atoms with Crippen LogP contribution in [0.1, 0.15) is 29.5 Å². The monoisotopic (exact) mass is 500 g/mol.